The number of anilines is 5. The molecule has 0 spiro atoms. The van der Waals surface area contributed by atoms with Gasteiger partial charge in [-0.1, -0.05) is 24.3 Å². The molecule has 55 heavy (non-hydrogen) atoms. The highest BCUT2D eigenvalue weighted by Crippen LogP contribution is 2.37. The Balaban J connectivity index is 0.732. The van der Waals surface area contributed by atoms with E-state index in [0.29, 0.717) is 43.7 Å². The van der Waals surface area contributed by atoms with E-state index in [9.17, 15) is 9.59 Å². The normalized spacial score (nSPS) is 20.9. The molecule has 1 unspecified atom stereocenters. The van der Waals surface area contributed by atoms with Gasteiger partial charge in [0.2, 0.25) is 23.6 Å². The number of likely N-dealkylation sites (tertiary alicyclic amines) is 1. The average Bonchev–Trinajstić information content (AvgIpc) is 3.22. The average molecular weight is 742 g/mol. The number of carbonyl (C=O) groups is 2. The molecule has 0 saturated carbocycles. The number of pyridine rings is 1. The largest absolute Gasteiger partial charge is 0.474 e. The Morgan fingerprint density at radius 1 is 0.836 bits per heavy atom. The van der Waals surface area contributed by atoms with E-state index in [-0.39, 0.29) is 17.7 Å². The minimum absolute atomic E-state index is 0.162. The van der Waals surface area contributed by atoms with Gasteiger partial charge in [0.1, 0.15) is 12.3 Å². The topological polar surface area (TPSA) is 128 Å². The molecule has 12 nitrogen and oxygen atoms in total. The quantitative estimate of drug-likeness (QED) is 0.187. The molecule has 12 heteroatoms. The molecule has 2 amide bonds. The maximum Gasteiger partial charge on any atom is 0.237 e. The van der Waals surface area contributed by atoms with Gasteiger partial charge in [0.25, 0.3) is 0 Å². The molecule has 2 aromatic carbocycles. The number of ether oxygens (including phenoxy) is 1. The predicted octanol–water partition coefficient (Wildman–Crippen LogP) is 5.91. The zero-order chi connectivity index (χ0) is 37.3. The summed E-state index contributed by atoms with van der Waals surface area (Å²) in [6.45, 7) is 10.8. The monoisotopic (exact) mass is 741 g/mol. The maximum absolute atomic E-state index is 12.3. The van der Waals surface area contributed by atoms with Gasteiger partial charge in [-0.3, -0.25) is 14.9 Å². The Morgan fingerprint density at radius 2 is 1.62 bits per heavy atom. The number of hydrogen-bond acceptors (Lipinski definition) is 11. The minimum Gasteiger partial charge on any atom is -0.474 e. The third-order valence-electron chi connectivity index (χ3n) is 12.5. The second-order valence-electron chi connectivity index (χ2n) is 15.9. The van der Waals surface area contributed by atoms with Gasteiger partial charge in [0.15, 0.2) is 0 Å². The van der Waals surface area contributed by atoms with Crippen molar-refractivity contribution < 1.29 is 14.3 Å². The van der Waals surface area contributed by atoms with Gasteiger partial charge >= 0.3 is 0 Å². The number of hydrogen-bond donors (Lipinski definition) is 3. The fourth-order valence-corrected chi connectivity index (χ4v) is 9.18. The molecule has 1 atom stereocenters. The summed E-state index contributed by atoms with van der Waals surface area (Å²) in [5.74, 6) is 2.07. The van der Waals surface area contributed by atoms with Crippen LogP contribution in [-0.2, 0) is 22.6 Å². The van der Waals surface area contributed by atoms with Crippen molar-refractivity contribution >= 4 is 40.5 Å². The lowest BCUT2D eigenvalue weighted by molar-refractivity contribution is -0.134. The highest BCUT2D eigenvalue weighted by molar-refractivity contribution is 6.00. The number of rotatable bonds is 8. The summed E-state index contributed by atoms with van der Waals surface area (Å²) >= 11 is 0. The van der Waals surface area contributed by atoms with Gasteiger partial charge < -0.3 is 30.1 Å². The third-order valence-corrected chi connectivity index (χ3v) is 12.5. The van der Waals surface area contributed by atoms with Crippen LogP contribution in [0.4, 0.5) is 28.7 Å². The number of benzene rings is 2. The lowest BCUT2D eigenvalue weighted by atomic mass is 9.85. The summed E-state index contributed by atoms with van der Waals surface area (Å²) in [6, 6.07) is 17.3. The van der Waals surface area contributed by atoms with Crippen LogP contribution in [0.2, 0.25) is 0 Å². The van der Waals surface area contributed by atoms with E-state index >= 15 is 0 Å². The second-order valence-corrected chi connectivity index (χ2v) is 15.9. The van der Waals surface area contributed by atoms with Crippen LogP contribution in [0.25, 0.3) is 0 Å². The summed E-state index contributed by atoms with van der Waals surface area (Å²) in [7, 11) is 0. The van der Waals surface area contributed by atoms with Gasteiger partial charge in [-0.15, -0.1) is 0 Å². The highest BCUT2D eigenvalue weighted by atomic mass is 16.5. The molecule has 0 bridgehead atoms. The first-order valence-corrected chi connectivity index (χ1v) is 20.2. The molecule has 3 fully saturated rings. The Kier molecular flexibility index (Phi) is 9.99. The number of fused-ring (bicyclic) bond motifs is 2. The third kappa shape index (κ3) is 7.69. The van der Waals surface area contributed by atoms with Crippen LogP contribution in [0.3, 0.4) is 0 Å². The van der Waals surface area contributed by atoms with E-state index in [1.807, 2.05) is 12.4 Å². The van der Waals surface area contributed by atoms with Crippen LogP contribution in [0, 0.1) is 12.8 Å². The molecule has 7 heterocycles. The van der Waals surface area contributed by atoms with E-state index in [4.69, 9.17) is 9.72 Å². The zero-order valence-electron chi connectivity index (χ0n) is 31.7. The van der Waals surface area contributed by atoms with Crippen molar-refractivity contribution in [3.05, 3.63) is 88.9 Å². The van der Waals surface area contributed by atoms with E-state index in [0.717, 1.165) is 85.5 Å². The molecule has 0 aliphatic carbocycles. The molecule has 5 aliphatic heterocycles. The fraction of sp³-hybridized carbons (Fsp3) is 0.465. The Bertz CT molecular complexity index is 2020. The first kappa shape index (κ1) is 35.5. The maximum atomic E-state index is 12.3. The predicted molar refractivity (Wildman–Crippen MR) is 214 cm³/mol. The van der Waals surface area contributed by atoms with Crippen LogP contribution < -0.4 is 30.5 Å². The molecule has 286 valence electrons. The van der Waals surface area contributed by atoms with Crippen LogP contribution in [0.1, 0.15) is 78.3 Å². The van der Waals surface area contributed by atoms with Crippen molar-refractivity contribution in [1.29, 1.82) is 0 Å². The zero-order valence-corrected chi connectivity index (χ0v) is 31.7. The number of carbonyl (C=O) groups excluding carboxylic acids is 2. The van der Waals surface area contributed by atoms with E-state index in [1.165, 1.54) is 49.0 Å². The standard InChI is InChI=1S/C43H51N9O3/c1-28-38(25-45-42-40(28)44-17-23-55-42)52-22-16-33-24-46-43(48-37(33)27-52)47-34-6-8-35(9-7-34)51-20-12-29(13-21-51)26-50-18-14-31(15-19-50)30-2-4-32(5-3-30)36-10-11-39(53)49-41(36)54/h2-9,24-25,29,31,36,44H,10-23,26-27H2,1H3,(H,46,47,48)(H,49,53,54). The Morgan fingerprint density at radius 3 is 2.40 bits per heavy atom. The smallest absolute Gasteiger partial charge is 0.237 e. The van der Waals surface area contributed by atoms with Crippen molar-refractivity contribution in [1.82, 2.24) is 25.2 Å². The van der Waals surface area contributed by atoms with Gasteiger partial charge in [0, 0.05) is 62.3 Å². The summed E-state index contributed by atoms with van der Waals surface area (Å²) in [5, 5.41) is 9.39. The summed E-state index contributed by atoms with van der Waals surface area (Å²) in [6.07, 6.45) is 10.6. The fourth-order valence-electron chi connectivity index (χ4n) is 9.18. The summed E-state index contributed by atoms with van der Waals surface area (Å²) in [4.78, 5) is 45.6. The van der Waals surface area contributed by atoms with Gasteiger partial charge in [-0.05, 0) is 111 Å². The van der Waals surface area contributed by atoms with E-state index in [1.54, 1.807) is 0 Å². The SMILES string of the molecule is Cc1c(N2CCc3cnc(Nc4ccc(N5CCC(CN6CCC(c7ccc(C8CCC(=O)NC8=O)cc7)CC6)CC5)cc4)nc3C2)cnc2c1NCCO2. The van der Waals surface area contributed by atoms with Crippen LogP contribution >= 0.6 is 0 Å². The molecule has 5 aliphatic rings. The molecular formula is C43H51N9O3. The molecule has 3 N–H and O–H groups in total. The lowest BCUT2D eigenvalue weighted by Gasteiger charge is -2.38. The van der Waals surface area contributed by atoms with Gasteiger partial charge in [0.05, 0.1) is 30.0 Å². The minimum atomic E-state index is -0.214. The number of piperidine rings is 3. The van der Waals surface area contributed by atoms with Crippen LogP contribution in [-0.4, -0.2) is 84.1 Å². The molecular weight excluding hydrogens is 691 g/mol. The Labute approximate surface area is 323 Å². The number of aromatic nitrogens is 3. The van der Waals surface area contributed by atoms with E-state index in [2.05, 4.69) is 96.1 Å². The number of imide groups is 1. The van der Waals surface area contributed by atoms with Crippen molar-refractivity contribution in [2.45, 2.75) is 70.3 Å². The second kappa shape index (κ2) is 15.5. The Hall–Kier alpha value is -5.23. The lowest BCUT2D eigenvalue weighted by Crippen LogP contribution is -2.41. The van der Waals surface area contributed by atoms with Crippen molar-refractivity contribution in [2.24, 2.45) is 5.92 Å². The first-order valence-electron chi connectivity index (χ1n) is 20.2. The van der Waals surface area contributed by atoms with Crippen molar-refractivity contribution in [2.75, 3.05) is 72.9 Å². The molecule has 9 rings (SSSR count). The van der Waals surface area contributed by atoms with Crippen LogP contribution in [0.5, 0.6) is 5.88 Å². The summed E-state index contributed by atoms with van der Waals surface area (Å²) in [5.41, 5.74) is 10.2. The molecule has 0 radical (unpaired) electrons. The van der Waals surface area contributed by atoms with Crippen molar-refractivity contribution in [3.63, 3.8) is 0 Å². The van der Waals surface area contributed by atoms with E-state index < -0.39 is 0 Å². The first-order chi connectivity index (χ1) is 26.9. The molecule has 2 aromatic heterocycles. The summed E-state index contributed by atoms with van der Waals surface area (Å²) < 4.78 is 5.74. The number of nitrogens with one attached hydrogen (secondary N) is 3. The van der Waals surface area contributed by atoms with Gasteiger partial charge in [-0.2, -0.15) is 0 Å². The highest BCUT2D eigenvalue weighted by Gasteiger charge is 2.30. The van der Waals surface area contributed by atoms with Crippen LogP contribution in [0.15, 0.2) is 60.9 Å². The number of amides is 2. The molecule has 3 saturated heterocycles. The molecule has 4 aromatic rings. The van der Waals surface area contributed by atoms with Gasteiger partial charge in [-0.25, -0.2) is 15.0 Å². The van der Waals surface area contributed by atoms with Crippen molar-refractivity contribution in [3.8, 4) is 5.88 Å². The number of nitrogens with zero attached hydrogens (tertiary/aromatic N) is 6.